The Bertz CT molecular complexity index is 355. The lowest BCUT2D eigenvalue weighted by Crippen LogP contribution is -2.38. The van der Waals surface area contributed by atoms with Crippen molar-refractivity contribution in [3.8, 4) is 0 Å². The second-order valence-corrected chi connectivity index (χ2v) is 5.69. The SMILES string of the molecule is CCCCCCCCC1(c2ccccc2)OCCCO1. The van der Waals surface area contributed by atoms with Gasteiger partial charge in [0.05, 0.1) is 13.2 Å². The van der Waals surface area contributed by atoms with Crippen LogP contribution in [0.15, 0.2) is 30.3 Å². The van der Waals surface area contributed by atoms with Gasteiger partial charge in [-0.1, -0.05) is 69.4 Å². The summed E-state index contributed by atoms with van der Waals surface area (Å²) in [4.78, 5) is 0. The Morgan fingerprint density at radius 2 is 1.55 bits per heavy atom. The fourth-order valence-electron chi connectivity index (χ4n) is 2.86. The molecule has 2 heteroatoms. The normalized spacial score (nSPS) is 18.1. The van der Waals surface area contributed by atoms with Gasteiger partial charge in [-0.05, 0) is 12.8 Å². The van der Waals surface area contributed by atoms with E-state index in [4.69, 9.17) is 9.47 Å². The van der Waals surface area contributed by atoms with Crippen LogP contribution >= 0.6 is 0 Å². The van der Waals surface area contributed by atoms with E-state index in [1.54, 1.807) is 0 Å². The van der Waals surface area contributed by atoms with Crippen LogP contribution in [-0.2, 0) is 15.3 Å². The summed E-state index contributed by atoms with van der Waals surface area (Å²) in [5.74, 6) is -0.482. The maximum atomic E-state index is 6.06. The molecule has 20 heavy (non-hydrogen) atoms. The number of rotatable bonds is 8. The first-order chi connectivity index (χ1) is 9.87. The molecule has 112 valence electrons. The monoisotopic (exact) mass is 276 g/mol. The molecule has 0 aliphatic carbocycles. The first-order valence-electron chi connectivity index (χ1n) is 8.21. The molecule has 2 rings (SSSR count). The molecule has 1 aromatic carbocycles. The Hall–Kier alpha value is -0.860. The highest BCUT2D eigenvalue weighted by Gasteiger charge is 2.35. The molecule has 0 spiro atoms. The fraction of sp³-hybridized carbons (Fsp3) is 0.667. The summed E-state index contributed by atoms with van der Waals surface area (Å²) in [5.41, 5.74) is 1.17. The highest BCUT2D eigenvalue weighted by atomic mass is 16.7. The summed E-state index contributed by atoms with van der Waals surface area (Å²) in [6.07, 6.45) is 9.79. The summed E-state index contributed by atoms with van der Waals surface area (Å²) in [5, 5.41) is 0. The molecule has 1 heterocycles. The van der Waals surface area contributed by atoms with Crippen LogP contribution in [0.3, 0.4) is 0 Å². The van der Waals surface area contributed by atoms with Crippen LogP contribution in [0.1, 0.15) is 63.9 Å². The van der Waals surface area contributed by atoms with Crippen LogP contribution in [0, 0.1) is 0 Å². The van der Waals surface area contributed by atoms with Gasteiger partial charge in [-0.3, -0.25) is 0 Å². The van der Waals surface area contributed by atoms with Crippen LogP contribution in [-0.4, -0.2) is 13.2 Å². The third kappa shape index (κ3) is 4.32. The maximum absolute atomic E-state index is 6.06. The minimum atomic E-state index is -0.482. The second-order valence-electron chi connectivity index (χ2n) is 5.69. The molecular formula is C18H28O2. The minimum absolute atomic E-state index is 0.482. The van der Waals surface area contributed by atoms with Gasteiger partial charge in [0.1, 0.15) is 0 Å². The molecule has 2 nitrogen and oxygen atoms in total. The summed E-state index contributed by atoms with van der Waals surface area (Å²) in [7, 11) is 0. The van der Waals surface area contributed by atoms with Crippen molar-refractivity contribution in [2.45, 2.75) is 64.1 Å². The Labute approximate surface area is 123 Å². The lowest BCUT2D eigenvalue weighted by atomic mass is 9.97. The Morgan fingerprint density at radius 1 is 0.900 bits per heavy atom. The molecule has 1 aromatic rings. The molecular weight excluding hydrogens is 248 g/mol. The van der Waals surface area contributed by atoms with Crippen molar-refractivity contribution in [1.82, 2.24) is 0 Å². The van der Waals surface area contributed by atoms with Crippen molar-refractivity contribution in [1.29, 1.82) is 0 Å². The molecule has 1 aliphatic heterocycles. The number of hydrogen-bond donors (Lipinski definition) is 0. The van der Waals surface area contributed by atoms with E-state index in [0.717, 1.165) is 26.1 Å². The van der Waals surface area contributed by atoms with Gasteiger partial charge in [0.25, 0.3) is 0 Å². The van der Waals surface area contributed by atoms with E-state index in [1.165, 1.54) is 44.1 Å². The fourth-order valence-corrected chi connectivity index (χ4v) is 2.86. The molecule has 1 fully saturated rings. The molecule has 1 saturated heterocycles. The highest BCUT2D eigenvalue weighted by Crippen LogP contribution is 2.35. The number of hydrogen-bond acceptors (Lipinski definition) is 2. The topological polar surface area (TPSA) is 18.5 Å². The van der Waals surface area contributed by atoms with Crippen molar-refractivity contribution in [3.63, 3.8) is 0 Å². The summed E-state index contributed by atoms with van der Waals surface area (Å²) in [6, 6.07) is 10.4. The van der Waals surface area contributed by atoms with Crippen LogP contribution in [0.4, 0.5) is 0 Å². The zero-order valence-corrected chi connectivity index (χ0v) is 12.8. The number of benzene rings is 1. The average Bonchev–Trinajstić information content (AvgIpc) is 2.52. The van der Waals surface area contributed by atoms with Crippen LogP contribution in [0.25, 0.3) is 0 Å². The van der Waals surface area contributed by atoms with Crippen molar-refractivity contribution < 1.29 is 9.47 Å². The van der Waals surface area contributed by atoms with E-state index in [2.05, 4.69) is 31.2 Å². The largest absolute Gasteiger partial charge is 0.346 e. The molecule has 0 radical (unpaired) electrons. The van der Waals surface area contributed by atoms with E-state index in [-0.39, 0.29) is 0 Å². The molecule has 0 amide bonds. The average molecular weight is 276 g/mol. The third-order valence-corrected chi connectivity index (χ3v) is 4.03. The molecule has 0 unspecified atom stereocenters. The zero-order chi connectivity index (χ0) is 14.1. The highest BCUT2D eigenvalue weighted by molar-refractivity contribution is 5.20. The van der Waals surface area contributed by atoms with Gasteiger partial charge in [0, 0.05) is 12.0 Å². The van der Waals surface area contributed by atoms with Gasteiger partial charge < -0.3 is 9.47 Å². The second kappa shape index (κ2) is 8.43. The van der Waals surface area contributed by atoms with E-state index in [1.807, 2.05) is 6.07 Å². The van der Waals surface area contributed by atoms with E-state index < -0.39 is 5.79 Å². The minimum Gasteiger partial charge on any atom is -0.346 e. The smallest absolute Gasteiger partial charge is 0.194 e. The van der Waals surface area contributed by atoms with Gasteiger partial charge in [-0.15, -0.1) is 0 Å². The summed E-state index contributed by atoms with van der Waals surface area (Å²) in [6.45, 7) is 3.88. The molecule has 0 aromatic heterocycles. The quantitative estimate of drug-likeness (QED) is 0.620. The Balaban J connectivity index is 1.88. The first kappa shape index (κ1) is 15.5. The van der Waals surface area contributed by atoms with Crippen molar-refractivity contribution >= 4 is 0 Å². The molecule has 0 atom stereocenters. The van der Waals surface area contributed by atoms with Crippen LogP contribution < -0.4 is 0 Å². The van der Waals surface area contributed by atoms with Gasteiger partial charge in [0.2, 0.25) is 0 Å². The van der Waals surface area contributed by atoms with Crippen molar-refractivity contribution in [2.75, 3.05) is 13.2 Å². The zero-order valence-electron chi connectivity index (χ0n) is 12.8. The predicted octanol–water partition coefficient (Wildman–Crippen LogP) is 5.03. The Morgan fingerprint density at radius 3 is 2.25 bits per heavy atom. The summed E-state index contributed by atoms with van der Waals surface area (Å²) < 4.78 is 12.1. The van der Waals surface area contributed by atoms with Crippen molar-refractivity contribution in [3.05, 3.63) is 35.9 Å². The Kier molecular flexibility index (Phi) is 6.55. The third-order valence-electron chi connectivity index (χ3n) is 4.03. The van der Waals surface area contributed by atoms with E-state index >= 15 is 0 Å². The molecule has 0 bridgehead atoms. The van der Waals surface area contributed by atoms with Crippen molar-refractivity contribution in [2.24, 2.45) is 0 Å². The predicted molar refractivity (Wildman–Crippen MR) is 82.6 cm³/mol. The van der Waals surface area contributed by atoms with Crippen LogP contribution in [0.2, 0.25) is 0 Å². The van der Waals surface area contributed by atoms with Gasteiger partial charge in [-0.25, -0.2) is 0 Å². The number of ether oxygens (including phenoxy) is 2. The molecule has 0 N–H and O–H groups in total. The maximum Gasteiger partial charge on any atom is 0.194 e. The van der Waals surface area contributed by atoms with Gasteiger partial charge >= 0.3 is 0 Å². The lowest BCUT2D eigenvalue weighted by Gasteiger charge is -2.37. The summed E-state index contributed by atoms with van der Waals surface area (Å²) >= 11 is 0. The van der Waals surface area contributed by atoms with Crippen LogP contribution in [0.5, 0.6) is 0 Å². The van der Waals surface area contributed by atoms with Gasteiger partial charge in [-0.2, -0.15) is 0 Å². The van der Waals surface area contributed by atoms with Gasteiger partial charge in [0.15, 0.2) is 5.79 Å². The number of unbranched alkanes of at least 4 members (excludes halogenated alkanes) is 5. The molecule has 0 saturated carbocycles. The lowest BCUT2D eigenvalue weighted by molar-refractivity contribution is -0.280. The standard InChI is InChI=1S/C18H28O2/c1-2-3-4-5-6-10-14-18(19-15-11-16-20-18)17-12-8-7-9-13-17/h7-9,12-13H,2-6,10-11,14-16H2,1H3. The first-order valence-corrected chi connectivity index (χ1v) is 8.21. The van der Waals surface area contributed by atoms with E-state index in [9.17, 15) is 0 Å². The molecule has 1 aliphatic rings. The van der Waals surface area contributed by atoms with E-state index in [0.29, 0.717) is 0 Å².